The summed E-state index contributed by atoms with van der Waals surface area (Å²) in [5.74, 6) is 1.48. The van der Waals surface area contributed by atoms with Crippen LogP contribution in [0.5, 0.6) is 11.5 Å². The number of methoxy groups -OCH3 is 1. The first kappa shape index (κ1) is 19.7. The number of carbonyl (C=O) groups excluding carboxylic acids is 1. The molecule has 0 radical (unpaired) electrons. The van der Waals surface area contributed by atoms with Crippen LogP contribution in [-0.4, -0.2) is 36.3 Å². The number of hydrogen-bond acceptors (Lipinski definition) is 6. The fourth-order valence-corrected chi connectivity index (χ4v) is 3.52. The van der Waals surface area contributed by atoms with E-state index < -0.39 is 0 Å². The average Bonchev–Trinajstić information content (AvgIpc) is 3.06. The first-order valence-corrected chi connectivity index (χ1v) is 9.61. The van der Waals surface area contributed by atoms with Gasteiger partial charge in [0.1, 0.15) is 18.1 Å². The minimum absolute atomic E-state index is 0.0644. The largest absolute Gasteiger partial charge is 0.497 e. The van der Waals surface area contributed by atoms with Gasteiger partial charge in [0.15, 0.2) is 5.17 Å². The Balaban J connectivity index is 1.57. The van der Waals surface area contributed by atoms with Gasteiger partial charge in [0.2, 0.25) is 5.91 Å². The summed E-state index contributed by atoms with van der Waals surface area (Å²) in [4.78, 5) is 12.2. The lowest BCUT2D eigenvalue weighted by Gasteiger charge is -2.07. The summed E-state index contributed by atoms with van der Waals surface area (Å²) >= 11 is 1.38. The standard InChI is InChI=1S/C21H21N3O3S/c1-3-11-27-17-9-7-15(8-10-17)14-22-24-21-23-20(25)19(28-21)13-16-5-4-6-18(12-16)26-2/h3-10,12,14,19H,1,11,13H2,2H3,(H,23,24,25)/b22-14-/t19-/m1/s1. The zero-order chi connectivity index (χ0) is 19.8. The molecule has 0 bridgehead atoms. The zero-order valence-electron chi connectivity index (χ0n) is 15.5. The number of thioether (sulfide) groups is 1. The van der Waals surface area contributed by atoms with Crippen LogP contribution in [-0.2, 0) is 11.2 Å². The minimum Gasteiger partial charge on any atom is -0.497 e. The summed E-state index contributed by atoms with van der Waals surface area (Å²) in [5.41, 5.74) is 1.92. The van der Waals surface area contributed by atoms with Gasteiger partial charge in [-0.15, -0.1) is 5.10 Å². The van der Waals surface area contributed by atoms with E-state index in [2.05, 4.69) is 22.1 Å². The highest BCUT2D eigenvalue weighted by Gasteiger charge is 2.30. The van der Waals surface area contributed by atoms with Crippen LogP contribution in [0.25, 0.3) is 0 Å². The Bertz CT molecular complexity index is 894. The van der Waals surface area contributed by atoms with Crippen molar-refractivity contribution < 1.29 is 14.3 Å². The van der Waals surface area contributed by atoms with Crippen LogP contribution >= 0.6 is 11.8 Å². The van der Waals surface area contributed by atoms with Crippen molar-refractivity contribution in [1.29, 1.82) is 0 Å². The van der Waals surface area contributed by atoms with E-state index in [4.69, 9.17) is 9.47 Å². The number of amidine groups is 1. The second kappa shape index (κ2) is 9.75. The van der Waals surface area contributed by atoms with E-state index in [0.717, 1.165) is 22.6 Å². The summed E-state index contributed by atoms with van der Waals surface area (Å²) in [6, 6.07) is 15.2. The number of nitrogens with zero attached hydrogens (tertiary/aromatic N) is 2. The molecule has 1 aliphatic rings. The molecule has 144 valence electrons. The molecule has 1 atom stereocenters. The number of nitrogens with one attached hydrogen (secondary N) is 1. The van der Waals surface area contributed by atoms with E-state index in [1.807, 2.05) is 48.5 Å². The van der Waals surface area contributed by atoms with Crippen molar-refractivity contribution in [2.45, 2.75) is 11.7 Å². The first-order valence-electron chi connectivity index (χ1n) is 8.73. The Morgan fingerprint density at radius 2 is 2.04 bits per heavy atom. The van der Waals surface area contributed by atoms with Gasteiger partial charge < -0.3 is 14.8 Å². The molecule has 1 saturated heterocycles. The second-order valence-electron chi connectivity index (χ2n) is 5.97. The summed E-state index contributed by atoms with van der Waals surface area (Å²) in [6.45, 7) is 4.08. The summed E-state index contributed by atoms with van der Waals surface area (Å²) in [6.07, 6.45) is 3.93. The first-order chi connectivity index (χ1) is 13.7. The quantitative estimate of drug-likeness (QED) is 0.422. The molecular weight excluding hydrogens is 374 g/mol. The molecule has 2 aromatic carbocycles. The van der Waals surface area contributed by atoms with E-state index in [1.54, 1.807) is 19.4 Å². The van der Waals surface area contributed by atoms with Crippen molar-refractivity contribution in [3.63, 3.8) is 0 Å². The minimum atomic E-state index is -0.234. The summed E-state index contributed by atoms with van der Waals surface area (Å²) in [7, 11) is 1.63. The molecule has 1 heterocycles. The van der Waals surface area contributed by atoms with Crippen LogP contribution < -0.4 is 14.8 Å². The third-order valence-corrected chi connectivity index (χ3v) is 5.01. The highest BCUT2D eigenvalue weighted by atomic mass is 32.2. The summed E-state index contributed by atoms with van der Waals surface area (Å²) < 4.78 is 10.7. The maximum absolute atomic E-state index is 12.2. The van der Waals surface area contributed by atoms with Crippen molar-refractivity contribution in [3.8, 4) is 11.5 Å². The normalized spacial score (nSPS) is 17.7. The van der Waals surface area contributed by atoms with Crippen molar-refractivity contribution in [1.82, 2.24) is 5.32 Å². The molecule has 7 heteroatoms. The molecule has 1 N–H and O–H groups in total. The van der Waals surface area contributed by atoms with Crippen molar-refractivity contribution in [3.05, 3.63) is 72.3 Å². The van der Waals surface area contributed by atoms with E-state index in [0.29, 0.717) is 18.2 Å². The molecule has 1 amide bonds. The smallest absolute Gasteiger partial charge is 0.239 e. The number of rotatable bonds is 8. The second-order valence-corrected chi connectivity index (χ2v) is 7.16. The maximum atomic E-state index is 12.2. The van der Waals surface area contributed by atoms with E-state index in [-0.39, 0.29) is 11.2 Å². The van der Waals surface area contributed by atoms with Crippen LogP contribution in [0.4, 0.5) is 0 Å². The van der Waals surface area contributed by atoms with Crippen molar-refractivity contribution in [2.75, 3.05) is 13.7 Å². The molecule has 6 nitrogen and oxygen atoms in total. The van der Waals surface area contributed by atoms with Crippen LogP contribution in [0.15, 0.2) is 71.4 Å². The molecule has 2 aromatic rings. The Kier molecular flexibility index (Phi) is 6.86. The highest BCUT2D eigenvalue weighted by Crippen LogP contribution is 2.24. The van der Waals surface area contributed by atoms with E-state index in [9.17, 15) is 4.79 Å². The van der Waals surface area contributed by atoms with Gasteiger partial charge in [0.25, 0.3) is 0 Å². The lowest BCUT2D eigenvalue weighted by atomic mass is 10.1. The fourth-order valence-electron chi connectivity index (χ4n) is 2.55. The van der Waals surface area contributed by atoms with Gasteiger partial charge in [-0.05, 0) is 53.9 Å². The molecule has 0 aromatic heterocycles. The maximum Gasteiger partial charge on any atom is 0.239 e. The van der Waals surface area contributed by atoms with Gasteiger partial charge in [0.05, 0.1) is 18.6 Å². The van der Waals surface area contributed by atoms with Gasteiger partial charge in [-0.25, -0.2) is 0 Å². The number of ether oxygens (including phenoxy) is 2. The van der Waals surface area contributed by atoms with Crippen LogP contribution in [0.2, 0.25) is 0 Å². The number of amides is 1. The Morgan fingerprint density at radius 3 is 2.79 bits per heavy atom. The summed E-state index contributed by atoms with van der Waals surface area (Å²) in [5, 5.41) is 11.2. The Labute approximate surface area is 168 Å². The predicted octanol–water partition coefficient (Wildman–Crippen LogP) is 3.42. The molecule has 3 rings (SSSR count). The Morgan fingerprint density at radius 1 is 1.21 bits per heavy atom. The molecule has 0 aliphatic carbocycles. The molecule has 0 spiro atoms. The van der Waals surface area contributed by atoms with Crippen LogP contribution in [0.1, 0.15) is 11.1 Å². The SMILES string of the molecule is C=CCOc1ccc(/C=N\N=C2/NC(=O)[C@@H](Cc3cccc(OC)c3)S2)cc1. The fraction of sp³-hybridized carbons (Fsp3) is 0.190. The van der Waals surface area contributed by atoms with Gasteiger partial charge in [0, 0.05) is 0 Å². The third kappa shape index (κ3) is 5.47. The number of benzene rings is 2. The lowest BCUT2D eigenvalue weighted by Crippen LogP contribution is -2.25. The van der Waals surface area contributed by atoms with Gasteiger partial charge >= 0.3 is 0 Å². The molecule has 28 heavy (non-hydrogen) atoms. The number of carbonyl (C=O) groups is 1. The number of hydrogen-bond donors (Lipinski definition) is 1. The molecular formula is C21H21N3O3S. The molecule has 1 fully saturated rings. The molecule has 1 aliphatic heterocycles. The van der Waals surface area contributed by atoms with E-state index >= 15 is 0 Å². The van der Waals surface area contributed by atoms with Gasteiger partial charge in [-0.1, -0.05) is 36.5 Å². The molecule has 0 unspecified atom stereocenters. The Hall–Kier alpha value is -3.06. The third-order valence-electron chi connectivity index (χ3n) is 3.94. The average molecular weight is 395 g/mol. The zero-order valence-corrected chi connectivity index (χ0v) is 16.3. The molecule has 0 saturated carbocycles. The van der Waals surface area contributed by atoms with Gasteiger partial charge in [-0.3, -0.25) is 4.79 Å². The van der Waals surface area contributed by atoms with Crippen LogP contribution in [0.3, 0.4) is 0 Å². The highest BCUT2D eigenvalue weighted by molar-refractivity contribution is 8.15. The topological polar surface area (TPSA) is 72.3 Å². The van der Waals surface area contributed by atoms with E-state index in [1.165, 1.54) is 11.8 Å². The van der Waals surface area contributed by atoms with Gasteiger partial charge in [-0.2, -0.15) is 5.10 Å². The lowest BCUT2D eigenvalue weighted by molar-refractivity contribution is -0.118. The predicted molar refractivity (Wildman–Crippen MR) is 113 cm³/mol. The monoisotopic (exact) mass is 395 g/mol. The van der Waals surface area contributed by atoms with Crippen LogP contribution in [0, 0.1) is 0 Å². The van der Waals surface area contributed by atoms with Crippen molar-refractivity contribution >= 4 is 29.1 Å². The van der Waals surface area contributed by atoms with Crippen molar-refractivity contribution in [2.24, 2.45) is 10.2 Å².